The molecule has 8 nitrogen and oxygen atoms in total. The zero-order valence-corrected chi connectivity index (χ0v) is 13.2. The van der Waals surface area contributed by atoms with Gasteiger partial charge in [-0.3, -0.25) is 4.79 Å². The molecule has 1 atom stereocenters. The molecule has 2 amide bonds. The summed E-state index contributed by atoms with van der Waals surface area (Å²) in [5.41, 5.74) is 0.326. The average Bonchev–Trinajstić information content (AvgIpc) is 3.00. The van der Waals surface area contributed by atoms with Gasteiger partial charge in [0.2, 0.25) is 5.91 Å². The largest absolute Gasteiger partial charge is 0.465 e. The molecule has 1 N–H and O–H groups in total. The van der Waals surface area contributed by atoms with Gasteiger partial charge in [-0.2, -0.15) is 0 Å². The van der Waals surface area contributed by atoms with E-state index in [1.165, 1.54) is 4.90 Å². The highest BCUT2D eigenvalue weighted by Gasteiger charge is 2.57. The quantitative estimate of drug-likeness (QED) is 0.740. The molecule has 126 valence electrons. The van der Waals surface area contributed by atoms with Gasteiger partial charge in [0.25, 0.3) is 0 Å². The van der Waals surface area contributed by atoms with E-state index in [1.807, 2.05) is 0 Å². The molecule has 1 spiro atoms. The van der Waals surface area contributed by atoms with Crippen LogP contribution in [0.15, 0.2) is 11.3 Å². The van der Waals surface area contributed by atoms with Crippen LogP contribution in [0.25, 0.3) is 0 Å². The van der Waals surface area contributed by atoms with Gasteiger partial charge in [0.1, 0.15) is 6.61 Å². The Hall–Kier alpha value is -2.09. The number of carbonyl (C=O) groups is 3. The van der Waals surface area contributed by atoms with Crippen LogP contribution in [0.1, 0.15) is 19.8 Å². The molecule has 23 heavy (non-hydrogen) atoms. The number of likely N-dealkylation sites (tertiary alicyclic amines) is 2. The van der Waals surface area contributed by atoms with Crippen LogP contribution in [-0.4, -0.2) is 72.3 Å². The van der Waals surface area contributed by atoms with Gasteiger partial charge in [-0.05, 0) is 19.8 Å². The van der Waals surface area contributed by atoms with E-state index >= 15 is 0 Å². The monoisotopic (exact) mass is 324 g/mol. The van der Waals surface area contributed by atoms with E-state index in [-0.39, 0.29) is 18.6 Å². The molecule has 2 saturated heterocycles. The lowest BCUT2D eigenvalue weighted by atomic mass is 9.75. The summed E-state index contributed by atoms with van der Waals surface area (Å²) >= 11 is 0. The number of methoxy groups -OCH3 is 1. The number of esters is 1. The molecular formula is C15H20N2O6. The lowest BCUT2D eigenvalue weighted by Crippen LogP contribution is -2.50. The van der Waals surface area contributed by atoms with Gasteiger partial charge >= 0.3 is 12.1 Å². The maximum Gasteiger partial charge on any atom is 0.407 e. The third-order valence-electron chi connectivity index (χ3n) is 5.25. The van der Waals surface area contributed by atoms with Crippen molar-refractivity contribution >= 4 is 18.0 Å². The van der Waals surface area contributed by atoms with Crippen molar-refractivity contribution in [2.24, 2.45) is 5.41 Å². The summed E-state index contributed by atoms with van der Waals surface area (Å²) < 4.78 is 10.5. The van der Waals surface area contributed by atoms with Gasteiger partial charge in [0.05, 0.1) is 29.3 Å². The fourth-order valence-electron chi connectivity index (χ4n) is 3.74. The second kappa shape index (κ2) is 5.52. The first-order valence-electron chi connectivity index (χ1n) is 7.60. The molecule has 3 aliphatic heterocycles. The lowest BCUT2D eigenvalue weighted by molar-refractivity contribution is -0.141. The summed E-state index contributed by atoms with van der Waals surface area (Å²) in [4.78, 5) is 38.6. The van der Waals surface area contributed by atoms with Crippen LogP contribution < -0.4 is 0 Å². The third-order valence-corrected chi connectivity index (χ3v) is 5.25. The van der Waals surface area contributed by atoms with E-state index in [2.05, 4.69) is 0 Å². The first-order chi connectivity index (χ1) is 10.9. The highest BCUT2D eigenvalue weighted by Crippen LogP contribution is 2.45. The van der Waals surface area contributed by atoms with E-state index in [1.54, 1.807) is 18.9 Å². The average molecular weight is 324 g/mol. The zero-order chi connectivity index (χ0) is 16.8. The SMILES string of the molecule is COC1CN(C2=C(C)C(=O)OC2)C(=O)C12CCN(C(=O)O)CC2. The number of piperidine rings is 1. The molecule has 3 aliphatic rings. The maximum absolute atomic E-state index is 13.0. The molecule has 3 heterocycles. The Bertz CT molecular complexity index is 591. The number of carboxylic acid groups (broad SMARTS) is 1. The molecule has 0 aromatic heterocycles. The molecule has 1 unspecified atom stereocenters. The van der Waals surface area contributed by atoms with E-state index in [0.717, 1.165) is 0 Å². The Morgan fingerprint density at radius 3 is 2.48 bits per heavy atom. The molecule has 0 bridgehead atoms. The van der Waals surface area contributed by atoms with Crippen molar-refractivity contribution in [1.82, 2.24) is 9.80 Å². The molecule has 0 aromatic carbocycles. The number of hydrogen-bond donors (Lipinski definition) is 1. The maximum atomic E-state index is 13.0. The zero-order valence-electron chi connectivity index (χ0n) is 13.2. The number of ether oxygens (including phenoxy) is 2. The highest BCUT2D eigenvalue weighted by atomic mass is 16.5. The minimum absolute atomic E-state index is 0.0953. The van der Waals surface area contributed by atoms with Crippen LogP contribution in [0.3, 0.4) is 0 Å². The number of carbonyl (C=O) groups excluding carboxylic acids is 2. The Balaban J connectivity index is 1.86. The number of amides is 2. The van der Waals surface area contributed by atoms with Gasteiger partial charge in [-0.15, -0.1) is 0 Å². The molecule has 8 heteroatoms. The van der Waals surface area contributed by atoms with Gasteiger partial charge < -0.3 is 24.4 Å². The molecule has 2 fully saturated rings. The van der Waals surface area contributed by atoms with Crippen molar-refractivity contribution in [3.63, 3.8) is 0 Å². The van der Waals surface area contributed by atoms with Crippen LogP contribution in [0.2, 0.25) is 0 Å². The number of cyclic esters (lactones) is 1. The Labute approximate surface area is 133 Å². The fourth-order valence-corrected chi connectivity index (χ4v) is 3.74. The number of rotatable bonds is 2. The van der Waals surface area contributed by atoms with Crippen LogP contribution in [0.5, 0.6) is 0 Å². The van der Waals surface area contributed by atoms with Crippen molar-refractivity contribution in [3.05, 3.63) is 11.3 Å². The summed E-state index contributed by atoms with van der Waals surface area (Å²) in [6.07, 6.45) is -0.436. The number of nitrogens with zero attached hydrogens (tertiary/aromatic N) is 2. The molecule has 0 aromatic rings. The first kappa shape index (κ1) is 15.8. The standard InChI is InChI=1S/C15H20N2O6/c1-9-10(8-23-12(9)18)17-7-11(22-2)15(13(17)19)3-5-16(6-4-15)14(20)21/h11H,3-8H2,1-2H3,(H,20,21). The van der Waals surface area contributed by atoms with E-state index < -0.39 is 17.5 Å². The Morgan fingerprint density at radius 2 is 2.00 bits per heavy atom. The summed E-state index contributed by atoms with van der Waals surface area (Å²) in [5, 5.41) is 9.08. The predicted octanol–water partition coefficient (Wildman–Crippen LogP) is 0.435. The summed E-state index contributed by atoms with van der Waals surface area (Å²) in [7, 11) is 1.56. The van der Waals surface area contributed by atoms with Crippen LogP contribution in [-0.2, 0) is 19.1 Å². The highest BCUT2D eigenvalue weighted by molar-refractivity contribution is 5.94. The third kappa shape index (κ3) is 2.28. The van der Waals surface area contributed by atoms with Crippen LogP contribution in [0.4, 0.5) is 4.79 Å². The predicted molar refractivity (Wildman–Crippen MR) is 77.4 cm³/mol. The molecular weight excluding hydrogens is 304 g/mol. The summed E-state index contributed by atoms with van der Waals surface area (Å²) in [6.45, 7) is 2.73. The Kier molecular flexibility index (Phi) is 3.79. The van der Waals surface area contributed by atoms with Crippen molar-refractivity contribution in [3.8, 4) is 0 Å². The fraction of sp³-hybridized carbons (Fsp3) is 0.667. The van der Waals surface area contributed by atoms with Crippen molar-refractivity contribution < 1.29 is 29.0 Å². The first-order valence-corrected chi connectivity index (χ1v) is 7.60. The van der Waals surface area contributed by atoms with Gasteiger partial charge in [0, 0.05) is 20.2 Å². The van der Waals surface area contributed by atoms with Crippen LogP contribution >= 0.6 is 0 Å². The van der Waals surface area contributed by atoms with Gasteiger partial charge in [0.15, 0.2) is 0 Å². The molecule has 0 aliphatic carbocycles. The normalized spacial score (nSPS) is 27.1. The minimum atomic E-state index is -0.968. The minimum Gasteiger partial charge on any atom is -0.465 e. The number of hydrogen-bond acceptors (Lipinski definition) is 5. The molecule has 3 rings (SSSR count). The molecule has 0 radical (unpaired) electrons. The van der Waals surface area contributed by atoms with Crippen LogP contribution in [0, 0.1) is 5.41 Å². The lowest BCUT2D eigenvalue weighted by Gasteiger charge is -2.39. The summed E-state index contributed by atoms with van der Waals surface area (Å²) in [5.74, 6) is -0.495. The second-order valence-corrected chi connectivity index (χ2v) is 6.21. The summed E-state index contributed by atoms with van der Waals surface area (Å²) in [6, 6.07) is 0. The smallest absolute Gasteiger partial charge is 0.407 e. The van der Waals surface area contributed by atoms with Gasteiger partial charge in [-0.25, -0.2) is 9.59 Å². The van der Waals surface area contributed by atoms with Crippen molar-refractivity contribution in [1.29, 1.82) is 0 Å². The van der Waals surface area contributed by atoms with E-state index in [9.17, 15) is 14.4 Å². The topological polar surface area (TPSA) is 96.4 Å². The van der Waals surface area contributed by atoms with Gasteiger partial charge in [-0.1, -0.05) is 0 Å². The van der Waals surface area contributed by atoms with E-state index in [4.69, 9.17) is 14.6 Å². The van der Waals surface area contributed by atoms with E-state index in [0.29, 0.717) is 43.7 Å². The van der Waals surface area contributed by atoms with Crippen molar-refractivity contribution in [2.45, 2.75) is 25.9 Å². The van der Waals surface area contributed by atoms with Crippen molar-refractivity contribution in [2.75, 3.05) is 33.4 Å². The molecule has 0 saturated carbocycles. The second-order valence-electron chi connectivity index (χ2n) is 6.21. The Morgan fingerprint density at radius 1 is 1.35 bits per heavy atom.